The summed E-state index contributed by atoms with van der Waals surface area (Å²) in [5.41, 5.74) is 0. The van der Waals surface area contributed by atoms with Crippen LogP contribution in [0.5, 0.6) is 0 Å². The summed E-state index contributed by atoms with van der Waals surface area (Å²) in [6.45, 7) is 5.36. The molecule has 0 aliphatic carbocycles. The van der Waals surface area contributed by atoms with Crippen LogP contribution < -0.4 is 0 Å². The van der Waals surface area contributed by atoms with Crippen molar-refractivity contribution in [1.82, 2.24) is 0 Å². The molecule has 0 heterocycles. The number of allylic oxidation sites excluding steroid dienone is 1. The Balaban J connectivity index is 0. The Kier molecular flexibility index (Phi) is 16.3. The smallest absolute Gasteiger partial charge is 0.245 e. The molecule has 0 atom stereocenters. The van der Waals surface area contributed by atoms with Gasteiger partial charge in [-0.25, -0.2) is 19.1 Å². The third-order valence-electron chi connectivity index (χ3n) is 0.236. The van der Waals surface area contributed by atoms with Gasteiger partial charge in [-0.15, -0.1) is 6.92 Å². The zero-order valence-corrected chi connectivity index (χ0v) is 6.28. The van der Waals surface area contributed by atoms with E-state index in [1.807, 2.05) is 13.3 Å². The Morgan fingerprint density at radius 2 is 2.00 bits per heavy atom. The second-order valence-electron chi connectivity index (χ2n) is 0.569. The summed E-state index contributed by atoms with van der Waals surface area (Å²) in [5.74, 6) is 0. The van der Waals surface area contributed by atoms with Crippen molar-refractivity contribution >= 4 is 0 Å². The Bertz CT molecular complexity index is 17.6. The molecule has 0 aromatic rings. The Morgan fingerprint density at radius 1 is 1.80 bits per heavy atom. The molecule has 0 rings (SSSR count). The molecule has 0 aliphatic rings. The van der Waals surface area contributed by atoms with Gasteiger partial charge in [0.2, 0.25) is 0 Å². The molecular weight excluding hydrogens is 137 g/mol. The quantitative estimate of drug-likeness (QED) is 0.488. The van der Waals surface area contributed by atoms with Crippen LogP contribution in [0.1, 0.15) is 6.92 Å². The molecule has 5 heavy (non-hydrogen) atoms. The molecule has 24 valence electrons. The van der Waals surface area contributed by atoms with Gasteiger partial charge < -0.3 is 0 Å². The molecule has 0 saturated heterocycles. The Morgan fingerprint density at radius 3 is 2.00 bits per heavy atom. The summed E-state index contributed by atoms with van der Waals surface area (Å²) in [4.78, 5) is 0. The van der Waals surface area contributed by atoms with E-state index in [-0.39, 0.29) is 32.7 Å². The van der Waals surface area contributed by atoms with Crippen LogP contribution in [0, 0.1) is 6.42 Å². The molecule has 0 nitrogen and oxygen atoms in total. The first kappa shape index (κ1) is 9.21. The Hall–Kier alpha value is 0.714. The van der Waals surface area contributed by atoms with Crippen LogP contribution in [0.25, 0.3) is 0 Å². The molecule has 1 heteroatoms. The van der Waals surface area contributed by atoms with E-state index in [0.717, 1.165) is 0 Å². The van der Waals surface area contributed by atoms with Crippen molar-refractivity contribution in [3.63, 3.8) is 0 Å². The van der Waals surface area contributed by atoms with E-state index in [1.54, 1.807) is 6.08 Å². The summed E-state index contributed by atoms with van der Waals surface area (Å²) >= 11 is 0. The van der Waals surface area contributed by atoms with Gasteiger partial charge in [0.15, 0.2) is 0 Å². The standard InChI is InChI=1S/C4H7.Y/c1-3-4-2;/h3-4H,1H2,2H3;/q-1;+3. The van der Waals surface area contributed by atoms with Gasteiger partial charge in [0.05, 0.1) is 0 Å². The van der Waals surface area contributed by atoms with E-state index in [9.17, 15) is 0 Å². The zero-order chi connectivity index (χ0) is 3.41. The van der Waals surface area contributed by atoms with Crippen molar-refractivity contribution in [3.8, 4) is 0 Å². The van der Waals surface area contributed by atoms with Crippen LogP contribution >= 0.6 is 0 Å². The summed E-state index contributed by atoms with van der Waals surface area (Å²) in [6, 6.07) is 0. The summed E-state index contributed by atoms with van der Waals surface area (Å²) in [7, 11) is 0. The molecule has 0 spiro atoms. The second-order valence-corrected chi connectivity index (χ2v) is 0.569. The van der Waals surface area contributed by atoms with Crippen LogP contribution in [-0.2, 0) is 32.7 Å². The van der Waals surface area contributed by atoms with Gasteiger partial charge in [0.25, 0.3) is 0 Å². The normalized spacial score (nSPS) is 4.20. The van der Waals surface area contributed by atoms with Crippen molar-refractivity contribution in [2.24, 2.45) is 0 Å². The van der Waals surface area contributed by atoms with Crippen LogP contribution in [0.3, 0.4) is 0 Å². The largest absolute Gasteiger partial charge is 3.00 e. The topological polar surface area (TPSA) is 0 Å². The van der Waals surface area contributed by atoms with E-state index in [0.29, 0.717) is 0 Å². The first-order valence-electron chi connectivity index (χ1n) is 1.32. The fourth-order valence-electron chi connectivity index (χ4n) is 0. The van der Waals surface area contributed by atoms with Gasteiger partial charge in [-0.2, -0.15) is 0 Å². The van der Waals surface area contributed by atoms with E-state index in [2.05, 4.69) is 6.58 Å². The van der Waals surface area contributed by atoms with Crippen LogP contribution in [0.2, 0.25) is 0 Å². The molecular formula is C4H7Y+2. The fourth-order valence-corrected chi connectivity index (χ4v) is 0. The maximum atomic E-state index is 3.42. The molecule has 0 aromatic heterocycles. The Labute approximate surface area is 58.5 Å². The number of rotatable bonds is 1. The summed E-state index contributed by atoms with van der Waals surface area (Å²) < 4.78 is 0. The van der Waals surface area contributed by atoms with E-state index in [1.165, 1.54) is 0 Å². The predicted molar refractivity (Wildman–Crippen MR) is 20.2 cm³/mol. The van der Waals surface area contributed by atoms with Crippen molar-refractivity contribution in [2.75, 3.05) is 0 Å². The number of hydrogen-bond acceptors (Lipinski definition) is 0. The minimum Gasteiger partial charge on any atom is -0.245 e. The molecule has 0 fully saturated rings. The van der Waals surface area contributed by atoms with Gasteiger partial charge in [0.1, 0.15) is 0 Å². The van der Waals surface area contributed by atoms with Gasteiger partial charge >= 0.3 is 32.7 Å². The van der Waals surface area contributed by atoms with Gasteiger partial charge in [-0.1, -0.05) is 0 Å². The third kappa shape index (κ3) is 11.8. The van der Waals surface area contributed by atoms with Crippen molar-refractivity contribution < 1.29 is 32.7 Å². The maximum absolute atomic E-state index is 3.42. The molecule has 0 amide bonds. The zero-order valence-electron chi connectivity index (χ0n) is 3.44. The minimum absolute atomic E-state index is 0. The van der Waals surface area contributed by atoms with E-state index in [4.69, 9.17) is 0 Å². The van der Waals surface area contributed by atoms with E-state index >= 15 is 0 Å². The molecule has 0 unspecified atom stereocenters. The molecule has 0 saturated carbocycles. The van der Waals surface area contributed by atoms with Gasteiger partial charge in [-0.05, 0) is 0 Å². The SMILES string of the molecule is C=C[CH-]C.[Y+3]. The summed E-state index contributed by atoms with van der Waals surface area (Å²) in [6.07, 6.45) is 3.64. The fraction of sp³-hybridized carbons (Fsp3) is 0.250. The molecule has 0 radical (unpaired) electrons. The average Bonchev–Trinajstić information content (AvgIpc) is 1.37. The van der Waals surface area contributed by atoms with Gasteiger partial charge in [-0.3, -0.25) is 0 Å². The van der Waals surface area contributed by atoms with E-state index < -0.39 is 0 Å². The molecule has 0 aliphatic heterocycles. The monoisotopic (exact) mass is 144 g/mol. The van der Waals surface area contributed by atoms with Crippen LogP contribution in [0.4, 0.5) is 0 Å². The third-order valence-corrected chi connectivity index (χ3v) is 0.236. The van der Waals surface area contributed by atoms with Crippen molar-refractivity contribution in [3.05, 3.63) is 19.1 Å². The average molecular weight is 144 g/mol. The first-order chi connectivity index (χ1) is 1.91. The molecule has 0 bridgehead atoms. The molecule has 0 N–H and O–H groups in total. The maximum Gasteiger partial charge on any atom is 3.00 e. The predicted octanol–water partition coefficient (Wildman–Crippen LogP) is 1.39. The van der Waals surface area contributed by atoms with Crippen molar-refractivity contribution in [2.45, 2.75) is 6.92 Å². The second kappa shape index (κ2) is 8.83. The summed E-state index contributed by atoms with van der Waals surface area (Å²) in [5, 5.41) is 0. The molecule has 0 aromatic carbocycles. The van der Waals surface area contributed by atoms with Crippen LogP contribution in [0.15, 0.2) is 12.7 Å². The number of hydrogen-bond donors (Lipinski definition) is 0. The first-order valence-corrected chi connectivity index (χ1v) is 1.32. The van der Waals surface area contributed by atoms with Crippen molar-refractivity contribution in [1.29, 1.82) is 0 Å². The van der Waals surface area contributed by atoms with Crippen LogP contribution in [-0.4, -0.2) is 0 Å². The van der Waals surface area contributed by atoms with Gasteiger partial charge in [0, 0.05) is 0 Å². The minimum atomic E-state index is 0.